The van der Waals surface area contributed by atoms with E-state index in [4.69, 9.17) is 9.47 Å². The molecule has 1 atom stereocenters. The van der Waals surface area contributed by atoms with E-state index in [1.54, 1.807) is 38.0 Å². The van der Waals surface area contributed by atoms with Crippen molar-refractivity contribution in [1.29, 1.82) is 0 Å². The predicted octanol–water partition coefficient (Wildman–Crippen LogP) is 2.87. The molecule has 0 radical (unpaired) electrons. The van der Waals surface area contributed by atoms with Gasteiger partial charge in [0.25, 0.3) is 0 Å². The molecule has 0 saturated heterocycles. The van der Waals surface area contributed by atoms with Crippen LogP contribution in [-0.2, 0) is 0 Å². The summed E-state index contributed by atoms with van der Waals surface area (Å²) in [7, 11) is 3.18. The molecule has 0 fully saturated rings. The maximum atomic E-state index is 12.5. The van der Waals surface area contributed by atoms with Crippen LogP contribution in [0.4, 0.5) is 10.5 Å². The third kappa shape index (κ3) is 4.20. The van der Waals surface area contributed by atoms with Crippen molar-refractivity contribution in [3.05, 3.63) is 53.9 Å². The largest absolute Gasteiger partial charge is 0.497 e. The van der Waals surface area contributed by atoms with Gasteiger partial charge in [-0.1, -0.05) is 6.07 Å². The standard InChI is InChI=1S/C19H22N6O3/c1-12(17-11-16(27-3)8-9-18(17)28-4)20-19(26)21-14-6-5-7-15(10-14)25-13(2)22-23-24-25/h5-12H,1-4H3,(H2,20,21,26). The topological polar surface area (TPSA) is 103 Å². The Morgan fingerprint density at radius 1 is 1.14 bits per heavy atom. The molecule has 1 heterocycles. The van der Waals surface area contributed by atoms with Crippen LogP contribution in [-0.4, -0.2) is 40.5 Å². The first-order valence-electron chi connectivity index (χ1n) is 8.66. The molecule has 0 aliphatic heterocycles. The van der Waals surface area contributed by atoms with Crippen LogP contribution < -0.4 is 20.1 Å². The average Bonchev–Trinajstić information content (AvgIpc) is 3.13. The van der Waals surface area contributed by atoms with Crippen molar-refractivity contribution in [2.75, 3.05) is 19.5 Å². The molecule has 1 unspecified atom stereocenters. The van der Waals surface area contributed by atoms with Crippen LogP contribution in [0.5, 0.6) is 11.5 Å². The van der Waals surface area contributed by atoms with Crippen molar-refractivity contribution in [1.82, 2.24) is 25.5 Å². The van der Waals surface area contributed by atoms with E-state index < -0.39 is 0 Å². The lowest BCUT2D eigenvalue weighted by atomic mass is 10.1. The average molecular weight is 382 g/mol. The van der Waals surface area contributed by atoms with Crippen molar-refractivity contribution in [2.24, 2.45) is 0 Å². The van der Waals surface area contributed by atoms with Gasteiger partial charge in [0.2, 0.25) is 0 Å². The first-order chi connectivity index (χ1) is 13.5. The van der Waals surface area contributed by atoms with Gasteiger partial charge in [0.15, 0.2) is 5.82 Å². The first kappa shape index (κ1) is 19.2. The lowest BCUT2D eigenvalue weighted by Gasteiger charge is -2.18. The van der Waals surface area contributed by atoms with Gasteiger partial charge >= 0.3 is 6.03 Å². The molecule has 3 rings (SSSR count). The molecule has 0 aliphatic rings. The highest BCUT2D eigenvalue weighted by atomic mass is 16.5. The number of benzene rings is 2. The molecule has 2 amide bonds. The summed E-state index contributed by atoms with van der Waals surface area (Å²) >= 11 is 0. The fourth-order valence-corrected chi connectivity index (χ4v) is 2.81. The summed E-state index contributed by atoms with van der Waals surface area (Å²) in [5, 5.41) is 17.2. The van der Waals surface area contributed by atoms with Crippen molar-refractivity contribution < 1.29 is 14.3 Å². The number of carbonyl (C=O) groups excluding carboxylic acids is 1. The van der Waals surface area contributed by atoms with Crippen LogP contribution in [0, 0.1) is 6.92 Å². The molecule has 2 N–H and O–H groups in total. The second-order valence-corrected chi connectivity index (χ2v) is 6.12. The number of amides is 2. The summed E-state index contributed by atoms with van der Waals surface area (Å²) < 4.78 is 12.2. The quantitative estimate of drug-likeness (QED) is 0.679. The molecule has 0 bridgehead atoms. The maximum absolute atomic E-state index is 12.5. The fraction of sp³-hybridized carbons (Fsp3) is 0.263. The third-order valence-electron chi connectivity index (χ3n) is 4.22. The Morgan fingerprint density at radius 2 is 1.96 bits per heavy atom. The second kappa shape index (κ2) is 8.38. The van der Waals surface area contributed by atoms with Crippen molar-refractivity contribution in [2.45, 2.75) is 19.9 Å². The van der Waals surface area contributed by atoms with E-state index in [1.807, 2.05) is 37.3 Å². The van der Waals surface area contributed by atoms with E-state index in [2.05, 4.69) is 26.2 Å². The van der Waals surface area contributed by atoms with Crippen LogP contribution >= 0.6 is 0 Å². The zero-order chi connectivity index (χ0) is 20.1. The fourth-order valence-electron chi connectivity index (χ4n) is 2.81. The van der Waals surface area contributed by atoms with Gasteiger partial charge in [-0.25, -0.2) is 4.79 Å². The molecule has 0 aliphatic carbocycles. The Hall–Kier alpha value is -3.62. The highest BCUT2D eigenvalue weighted by Gasteiger charge is 2.15. The number of hydrogen-bond acceptors (Lipinski definition) is 6. The summed E-state index contributed by atoms with van der Waals surface area (Å²) in [4.78, 5) is 12.5. The van der Waals surface area contributed by atoms with E-state index >= 15 is 0 Å². The molecule has 0 saturated carbocycles. The maximum Gasteiger partial charge on any atom is 0.319 e. The van der Waals surface area contributed by atoms with E-state index in [9.17, 15) is 4.79 Å². The van der Waals surface area contributed by atoms with Crippen molar-refractivity contribution in [3.63, 3.8) is 0 Å². The van der Waals surface area contributed by atoms with Crippen molar-refractivity contribution in [3.8, 4) is 17.2 Å². The Kier molecular flexibility index (Phi) is 5.73. The summed E-state index contributed by atoms with van der Waals surface area (Å²) in [6.45, 7) is 3.67. The number of methoxy groups -OCH3 is 2. The highest BCUT2D eigenvalue weighted by molar-refractivity contribution is 5.89. The first-order valence-corrected chi connectivity index (χ1v) is 8.66. The van der Waals surface area contributed by atoms with Crippen LogP contribution in [0.15, 0.2) is 42.5 Å². The summed E-state index contributed by atoms with van der Waals surface area (Å²) in [5.41, 5.74) is 2.19. The molecule has 9 heteroatoms. The van der Waals surface area contributed by atoms with Gasteiger partial charge in [-0.05, 0) is 60.7 Å². The number of anilines is 1. The molecule has 0 spiro atoms. The minimum absolute atomic E-state index is 0.296. The minimum Gasteiger partial charge on any atom is -0.497 e. The van der Waals surface area contributed by atoms with Gasteiger partial charge in [-0.3, -0.25) is 0 Å². The molecule has 146 valence electrons. The highest BCUT2D eigenvalue weighted by Crippen LogP contribution is 2.29. The van der Waals surface area contributed by atoms with Crippen LogP contribution in [0.1, 0.15) is 24.4 Å². The summed E-state index contributed by atoms with van der Waals surface area (Å²) in [5.74, 6) is 2.01. The Morgan fingerprint density at radius 3 is 2.64 bits per heavy atom. The second-order valence-electron chi connectivity index (χ2n) is 6.12. The van der Waals surface area contributed by atoms with Crippen molar-refractivity contribution >= 4 is 11.7 Å². The number of nitrogens with zero attached hydrogens (tertiary/aromatic N) is 4. The smallest absolute Gasteiger partial charge is 0.319 e. The number of nitrogens with one attached hydrogen (secondary N) is 2. The molecule has 9 nitrogen and oxygen atoms in total. The number of ether oxygens (including phenoxy) is 2. The molecular weight excluding hydrogens is 360 g/mol. The zero-order valence-corrected chi connectivity index (χ0v) is 16.1. The summed E-state index contributed by atoms with van der Waals surface area (Å²) in [6.07, 6.45) is 0. The third-order valence-corrected chi connectivity index (χ3v) is 4.22. The zero-order valence-electron chi connectivity index (χ0n) is 16.1. The number of tetrazole rings is 1. The molecule has 28 heavy (non-hydrogen) atoms. The van der Waals surface area contributed by atoms with Gasteiger partial charge in [0.05, 0.1) is 25.9 Å². The SMILES string of the molecule is COc1ccc(OC)c(C(C)NC(=O)Nc2cccc(-n3nnnc3C)c2)c1. The van der Waals surface area contributed by atoms with E-state index in [1.165, 1.54) is 0 Å². The normalized spacial score (nSPS) is 11.6. The number of rotatable bonds is 6. The Bertz CT molecular complexity index is 972. The lowest BCUT2D eigenvalue weighted by molar-refractivity contribution is 0.249. The number of urea groups is 1. The lowest BCUT2D eigenvalue weighted by Crippen LogP contribution is -2.31. The summed E-state index contributed by atoms with van der Waals surface area (Å²) in [6, 6.07) is 12.1. The van der Waals surface area contributed by atoms with Crippen LogP contribution in [0.3, 0.4) is 0 Å². The van der Waals surface area contributed by atoms with Gasteiger partial charge in [0, 0.05) is 11.3 Å². The number of aryl methyl sites for hydroxylation is 1. The number of hydrogen-bond donors (Lipinski definition) is 2. The van der Waals surface area contributed by atoms with E-state index in [-0.39, 0.29) is 12.1 Å². The molecule has 2 aromatic carbocycles. The van der Waals surface area contributed by atoms with Gasteiger partial charge in [-0.15, -0.1) is 5.10 Å². The van der Waals surface area contributed by atoms with Gasteiger partial charge < -0.3 is 20.1 Å². The van der Waals surface area contributed by atoms with E-state index in [0.717, 1.165) is 11.3 Å². The number of carbonyl (C=O) groups is 1. The van der Waals surface area contributed by atoms with E-state index in [0.29, 0.717) is 23.0 Å². The molecule has 1 aromatic heterocycles. The number of aromatic nitrogens is 4. The minimum atomic E-state index is -0.344. The Balaban J connectivity index is 1.72. The Labute approximate surface area is 162 Å². The monoisotopic (exact) mass is 382 g/mol. The molecule has 3 aromatic rings. The predicted molar refractivity (Wildman–Crippen MR) is 104 cm³/mol. The van der Waals surface area contributed by atoms with Crippen LogP contribution in [0.25, 0.3) is 5.69 Å². The van der Waals surface area contributed by atoms with Gasteiger partial charge in [-0.2, -0.15) is 4.68 Å². The molecular formula is C19H22N6O3. The van der Waals surface area contributed by atoms with Crippen LogP contribution in [0.2, 0.25) is 0 Å². The van der Waals surface area contributed by atoms with Gasteiger partial charge in [0.1, 0.15) is 11.5 Å².